The molecule has 0 saturated carbocycles. The maximum absolute atomic E-state index is 11.9. The van der Waals surface area contributed by atoms with Crippen molar-refractivity contribution in [1.82, 2.24) is 9.88 Å². The molecule has 0 aromatic carbocycles. The zero-order valence-corrected chi connectivity index (χ0v) is 13.6. The van der Waals surface area contributed by atoms with Crippen molar-refractivity contribution < 1.29 is 23.5 Å². The monoisotopic (exact) mass is 310 g/mol. The van der Waals surface area contributed by atoms with Gasteiger partial charge < -0.3 is 18.8 Å². The minimum Gasteiger partial charge on any atom is -0.460 e. The number of rotatable bonds is 6. The average Bonchev–Trinajstić information content (AvgIpc) is 2.84. The van der Waals surface area contributed by atoms with E-state index in [1.807, 2.05) is 0 Å². The normalized spacial score (nSPS) is 12.6. The number of hydrogen-bond donors (Lipinski definition) is 0. The SMILES string of the molecule is CN(C)C(=O)c1coc(C(CC=O)CC(=O)OC(C)(C)C)n1. The topological polar surface area (TPSA) is 89.7 Å². The van der Waals surface area contributed by atoms with Crippen LogP contribution in [-0.4, -0.2) is 47.7 Å². The molecule has 122 valence electrons. The van der Waals surface area contributed by atoms with Crippen LogP contribution in [-0.2, 0) is 14.3 Å². The van der Waals surface area contributed by atoms with Crippen LogP contribution in [0.15, 0.2) is 10.7 Å². The fourth-order valence-corrected chi connectivity index (χ4v) is 1.77. The number of carbonyl (C=O) groups excluding carboxylic acids is 3. The van der Waals surface area contributed by atoms with E-state index >= 15 is 0 Å². The van der Waals surface area contributed by atoms with E-state index in [2.05, 4.69) is 4.98 Å². The summed E-state index contributed by atoms with van der Waals surface area (Å²) in [5, 5.41) is 0. The summed E-state index contributed by atoms with van der Waals surface area (Å²) in [7, 11) is 3.20. The van der Waals surface area contributed by atoms with Gasteiger partial charge in [0, 0.05) is 20.5 Å². The number of carbonyl (C=O) groups is 3. The summed E-state index contributed by atoms with van der Waals surface area (Å²) in [5.41, 5.74) is -0.467. The van der Waals surface area contributed by atoms with E-state index in [0.29, 0.717) is 6.29 Å². The van der Waals surface area contributed by atoms with Crippen LogP contribution in [0.4, 0.5) is 0 Å². The molecular weight excluding hydrogens is 288 g/mol. The summed E-state index contributed by atoms with van der Waals surface area (Å²) in [6.45, 7) is 5.29. The summed E-state index contributed by atoms with van der Waals surface area (Å²) in [5.74, 6) is -1.12. The Morgan fingerprint density at radius 2 is 2.05 bits per heavy atom. The first kappa shape index (κ1) is 17.9. The Labute approximate surface area is 129 Å². The van der Waals surface area contributed by atoms with Gasteiger partial charge >= 0.3 is 5.97 Å². The van der Waals surface area contributed by atoms with Crippen LogP contribution in [0.5, 0.6) is 0 Å². The first-order valence-corrected chi connectivity index (χ1v) is 6.96. The van der Waals surface area contributed by atoms with E-state index in [0.717, 1.165) is 0 Å². The van der Waals surface area contributed by atoms with Crippen molar-refractivity contribution in [2.75, 3.05) is 14.1 Å². The standard InChI is InChI=1S/C15H22N2O5/c1-15(2,3)22-12(19)8-10(6-7-18)13-16-11(9-21-13)14(20)17(4)5/h7,9-10H,6,8H2,1-5H3. The summed E-state index contributed by atoms with van der Waals surface area (Å²) in [6.07, 6.45) is 1.94. The number of amides is 1. The fraction of sp³-hybridized carbons (Fsp3) is 0.600. The first-order chi connectivity index (χ1) is 10.1. The third-order valence-electron chi connectivity index (χ3n) is 2.71. The maximum Gasteiger partial charge on any atom is 0.307 e. The van der Waals surface area contributed by atoms with E-state index in [9.17, 15) is 14.4 Å². The van der Waals surface area contributed by atoms with Crippen LogP contribution in [0.3, 0.4) is 0 Å². The maximum atomic E-state index is 11.9. The van der Waals surface area contributed by atoms with E-state index in [1.165, 1.54) is 11.2 Å². The molecule has 1 atom stereocenters. The van der Waals surface area contributed by atoms with Crippen molar-refractivity contribution in [3.8, 4) is 0 Å². The molecule has 0 fully saturated rings. The minimum absolute atomic E-state index is 0.0356. The van der Waals surface area contributed by atoms with Gasteiger partial charge in [0.1, 0.15) is 18.2 Å². The van der Waals surface area contributed by atoms with Crippen molar-refractivity contribution in [1.29, 1.82) is 0 Å². The Morgan fingerprint density at radius 1 is 1.41 bits per heavy atom. The van der Waals surface area contributed by atoms with Crippen molar-refractivity contribution in [2.45, 2.75) is 45.1 Å². The predicted octanol–water partition coefficient (Wildman–Crippen LogP) is 1.78. The number of aldehydes is 1. The zero-order valence-electron chi connectivity index (χ0n) is 13.6. The summed E-state index contributed by atoms with van der Waals surface area (Å²) in [6, 6.07) is 0. The Balaban J connectivity index is 2.85. The second-order valence-electron chi connectivity index (χ2n) is 6.16. The molecule has 1 amide bonds. The molecule has 1 aromatic rings. The van der Waals surface area contributed by atoms with E-state index < -0.39 is 17.5 Å². The van der Waals surface area contributed by atoms with Gasteiger partial charge in [0.25, 0.3) is 5.91 Å². The quantitative estimate of drug-likeness (QED) is 0.587. The molecule has 0 spiro atoms. The third kappa shape index (κ3) is 5.31. The van der Waals surface area contributed by atoms with E-state index in [-0.39, 0.29) is 30.3 Å². The molecule has 22 heavy (non-hydrogen) atoms. The number of aromatic nitrogens is 1. The van der Waals surface area contributed by atoms with Crippen molar-refractivity contribution in [3.05, 3.63) is 17.8 Å². The molecule has 0 bridgehead atoms. The van der Waals surface area contributed by atoms with Crippen molar-refractivity contribution in [2.24, 2.45) is 0 Å². The Hall–Kier alpha value is -2.18. The van der Waals surface area contributed by atoms with Gasteiger partial charge in [-0.05, 0) is 20.8 Å². The molecule has 1 unspecified atom stereocenters. The molecule has 7 nitrogen and oxygen atoms in total. The predicted molar refractivity (Wildman–Crippen MR) is 78.4 cm³/mol. The molecule has 1 aromatic heterocycles. The highest BCUT2D eigenvalue weighted by atomic mass is 16.6. The van der Waals surface area contributed by atoms with Crippen LogP contribution >= 0.6 is 0 Å². The molecule has 1 rings (SSSR count). The molecule has 1 heterocycles. The lowest BCUT2D eigenvalue weighted by Crippen LogP contribution is -2.25. The van der Waals surface area contributed by atoms with Crippen LogP contribution < -0.4 is 0 Å². The summed E-state index contributed by atoms with van der Waals surface area (Å²) in [4.78, 5) is 39.9. The van der Waals surface area contributed by atoms with Gasteiger partial charge in [-0.25, -0.2) is 4.98 Å². The molecule has 0 N–H and O–H groups in total. The largest absolute Gasteiger partial charge is 0.460 e. The minimum atomic E-state index is -0.606. The van der Waals surface area contributed by atoms with Crippen molar-refractivity contribution >= 4 is 18.2 Å². The van der Waals surface area contributed by atoms with Gasteiger partial charge in [0.15, 0.2) is 11.6 Å². The number of ether oxygens (including phenoxy) is 1. The molecular formula is C15H22N2O5. The highest BCUT2D eigenvalue weighted by Crippen LogP contribution is 2.24. The lowest BCUT2D eigenvalue weighted by molar-refractivity contribution is -0.155. The Kier molecular flexibility index (Phi) is 5.84. The number of oxazole rings is 1. The average molecular weight is 310 g/mol. The van der Waals surface area contributed by atoms with Crippen LogP contribution in [0.1, 0.15) is 55.9 Å². The lowest BCUT2D eigenvalue weighted by Gasteiger charge is -2.20. The van der Waals surface area contributed by atoms with Gasteiger partial charge in [-0.2, -0.15) is 0 Å². The van der Waals surface area contributed by atoms with Gasteiger partial charge in [0.05, 0.1) is 12.3 Å². The van der Waals surface area contributed by atoms with Crippen LogP contribution in [0, 0.1) is 0 Å². The summed E-state index contributed by atoms with van der Waals surface area (Å²) >= 11 is 0. The Morgan fingerprint density at radius 3 is 2.55 bits per heavy atom. The molecule has 0 aliphatic carbocycles. The molecule has 7 heteroatoms. The smallest absolute Gasteiger partial charge is 0.307 e. The number of esters is 1. The lowest BCUT2D eigenvalue weighted by atomic mass is 10.0. The third-order valence-corrected chi connectivity index (χ3v) is 2.71. The van der Waals surface area contributed by atoms with Crippen molar-refractivity contribution in [3.63, 3.8) is 0 Å². The Bertz CT molecular complexity index is 542. The zero-order chi connectivity index (χ0) is 16.9. The number of hydrogen-bond acceptors (Lipinski definition) is 6. The molecule has 0 saturated heterocycles. The van der Waals surface area contributed by atoms with E-state index in [4.69, 9.17) is 9.15 Å². The summed E-state index contributed by atoms with van der Waals surface area (Å²) < 4.78 is 10.5. The van der Waals surface area contributed by atoms with Crippen LogP contribution in [0.25, 0.3) is 0 Å². The second-order valence-corrected chi connectivity index (χ2v) is 6.16. The fourth-order valence-electron chi connectivity index (χ4n) is 1.77. The molecule has 0 radical (unpaired) electrons. The molecule has 0 aliphatic rings. The molecule has 0 aliphatic heterocycles. The first-order valence-electron chi connectivity index (χ1n) is 6.96. The highest BCUT2D eigenvalue weighted by molar-refractivity contribution is 5.91. The van der Waals surface area contributed by atoms with Gasteiger partial charge in [-0.15, -0.1) is 0 Å². The van der Waals surface area contributed by atoms with Gasteiger partial charge in [-0.3, -0.25) is 9.59 Å². The second kappa shape index (κ2) is 7.20. The number of nitrogens with zero attached hydrogens (tertiary/aromatic N) is 2. The van der Waals surface area contributed by atoms with E-state index in [1.54, 1.807) is 34.9 Å². The van der Waals surface area contributed by atoms with Crippen LogP contribution in [0.2, 0.25) is 0 Å². The van der Waals surface area contributed by atoms with Gasteiger partial charge in [-0.1, -0.05) is 0 Å². The highest BCUT2D eigenvalue weighted by Gasteiger charge is 2.26. The van der Waals surface area contributed by atoms with Gasteiger partial charge in [0.2, 0.25) is 0 Å².